The van der Waals surface area contributed by atoms with Crippen molar-refractivity contribution < 1.29 is 7.16 Å². The van der Waals surface area contributed by atoms with Crippen LogP contribution in [0.15, 0.2) is 138 Å². The van der Waals surface area contributed by atoms with Crippen LogP contribution in [0.4, 0.5) is 0 Å². The number of benzene rings is 6. The van der Waals surface area contributed by atoms with E-state index in [1.165, 1.54) is 0 Å². The lowest BCUT2D eigenvalue weighted by atomic mass is 10.1. The van der Waals surface area contributed by atoms with E-state index >= 15 is 0 Å². The summed E-state index contributed by atoms with van der Waals surface area (Å²) in [5.41, 5.74) is 7.14. The fraction of sp³-hybridized carbons (Fsp3) is 0. The van der Waals surface area contributed by atoms with E-state index in [0.29, 0.717) is 0 Å². The van der Waals surface area contributed by atoms with Crippen molar-refractivity contribution in [2.45, 2.75) is 0 Å². The normalized spacial score (nSPS) is 12.8. The number of hydrogen-bond donors (Lipinski definition) is 0. The van der Waals surface area contributed by atoms with Crippen molar-refractivity contribution in [2.75, 3.05) is 0 Å². The largest absolute Gasteiger partial charge is 0.455 e. The molecule has 6 aromatic carbocycles. The molecule has 0 aliphatic heterocycles. The minimum absolute atomic E-state index is 0.195. The van der Waals surface area contributed by atoms with Crippen molar-refractivity contribution in [1.29, 1.82) is 0 Å². The van der Waals surface area contributed by atoms with Crippen molar-refractivity contribution in [3.05, 3.63) is 133 Å². The Hall–Kier alpha value is -5.28. The Bertz CT molecular complexity index is 2490. The molecule has 0 bridgehead atoms. The number of aromatic nitrogens is 2. The summed E-state index contributed by atoms with van der Waals surface area (Å²) in [5, 5.41) is 5.68. The van der Waals surface area contributed by atoms with Crippen molar-refractivity contribution in [3.8, 4) is 11.4 Å². The van der Waals surface area contributed by atoms with Crippen molar-refractivity contribution in [1.82, 2.24) is 9.13 Å². The van der Waals surface area contributed by atoms with Crippen molar-refractivity contribution in [2.24, 2.45) is 0 Å². The van der Waals surface area contributed by atoms with E-state index in [4.69, 9.17) is 4.42 Å². The molecule has 182 valence electrons. The lowest BCUT2D eigenvalue weighted by molar-refractivity contribution is 0.673. The second kappa shape index (κ2) is 7.62. The topological polar surface area (TPSA) is 23.0 Å². The molecule has 0 saturated carbocycles. The fourth-order valence-electron chi connectivity index (χ4n) is 6.33. The van der Waals surface area contributed by atoms with Crippen LogP contribution in [0.3, 0.4) is 0 Å². The number of nitrogens with zero attached hydrogens (tertiary/aromatic N) is 2. The SMILES string of the molecule is [2H]c1c([2H])c2c(c3ccccc3n2-c2ccccc2)c2c1c1c3oc4ccccc4c3ccc1n2-c1ccccc1. The molecule has 9 aromatic rings. The number of para-hydroxylation sites is 4. The molecule has 0 saturated heterocycles. The smallest absolute Gasteiger partial charge is 0.145 e. The number of hydrogen-bond acceptors (Lipinski definition) is 1. The summed E-state index contributed by atoms with van der Waals surface area (Å²) in [4.78, 5) is 0. The zero-order chi connectivity index (χ0) is 27.2. The van der Waals surface area contributed by atoms with Crippen molar-refractivity contribution >= 4 is 65.6 Å². The highest BCUT2D eigenvalue weighted by Crippen LogP contribution is 2.45. The van der Waals surface area contributed by atoms with E-state index in [2.05, 4.69) is 63.7 Å². The van der Waals surface area contributed by atoms with Gasteiger partial charge in [-0.2, -0.15) is 0 Å². The predicted molar refractivity (Wildman–Crippen MR) is 162 cm³/mol. The monoisotopic (exact) mass is 500 g/mol. The van der Waals surface area contributed by atoms with Gasteiger partial charge in [-0.05, 0) is 60.6 Å². The van der Waals surface area contributed by atoms with Crippen LogP contribution in [0.1, 0.15) is 2.74 Å². The third-order valence-corrected chi connectivity index (χ3v) is 7.92. The van der Waals surface area contributed by atoms with Gasteiger partial charge in [-0.3, -0.25) is 0 Å². The summed E-state index contributed by atoms with van der Waals surface area (Å²) in [6, 6.07) is 41.5. The minimum atomic E-state index is 0.195. The summed E-state index contributed by atoms with van der Waals surface area (Å²) in [7, 11) is 0. The number of fused-ring (bicyclic) bond motifs is 11. The van der Waals surface area contributed by atoms with Gasteiger partial charge in [0.1, 0.15) is 11.2 Å². The van der Waals surface area contributed by atoms with Gasteiger partial charge in [-0.15, -0.1) is 0 Å². The standard InChI is InChI=1S/C36H22N2O/c1-3-11-23(12-4-1)37-29-17-9-7-16-27(29)33-30(37)22-20-28-34-31(38(35(28)33)24-13-5-2-6-14-24)21-19-26-25-15-8-10-18-32(25)39-36(26)34/h1-22H/i20D,22D. The van der Waals surface area contributed by atoms with E-state index in [1.54, 1.807) is 0 Å². The summed E-state index contributed by atoms with van der Waals surface area (Å²) in [6.07, 6.45) is 0. The zero-order valence-corrected chi connectivity index (χ0v) is 20.8. The molecular formula is C36H22N2O. The molecular weight excluding hydrogens is 476 g/mol. The van der Waals surface area contributed by atoms with Crippen molar-refractivity contribution in [3.63, 3.8) is 0 Å². The average Bonchev–Trinajstić information content (AvgIpc) is 3.68. The first-order chi connectivity index (χ1) is 20.2. The summed E-state index contributed by atoms with van der Waals surface area (Å²) < 4.78 is 29.9. The van der Waals surface area contributed by atoms with Crippen LogP contribution < -0.4 is 0 Å². The van der Waals surface area contributed by atoms with Crippen LogP contribution in [0.2, 0.25) is 0 Å². The first-order valence-corrected chi connectivity index (χ1v) is 13.1. The van der Waals surface area contributed by atoms with E-state index in [1.807, 2.05) is 66.7 Å². The fourth-order valence-corrected chi connectivity index (χ4v) is 6.33. The molecule has 3 nitrogen and oxygen atoms in total. The van der Waals surface area contributed by atoms with Crippen LogP contribution in [-0.4, -0.2) is 9.13 Å². The number of furan rings is 1. The summed E-state index contributed by atoms with van der Waals surface area (Å²) in [5.74, 6) is 0. The molecule has 0 radical (unpaired) electrons. The Labute approximate surface area is 226 Å². The Balaban J connectivity index is 1.62. The average molecular weight is 501 g/mol. The van der Waals surface area contributed by atoms with E-state index in [9.17, 15) is 2.74 Å². The van der Waals surface area contributed by atoms with Gasteiger partial charge in [-0.1, -0.05) is 72.8 Å². The van der Waals surface area contributed by atoms with E-state index in [-0.39, 0.29) is 12.1 Å². The Morgan fingerprint density at radius 2 is 1.13 bits per heavy atom. The van der Waals surface area contributed by atoms with Crippen LogP contribution in [0.5, 0.6) is 0 Å². The molecule has 0 unspecified atom stereocenters. The van der Waals surface area contributed by atoms with Crippen LogP contribution in [0.25, 0.3) is 76.9 Å². The molecule has 3 aromatic heterocycles. The van der Waals surface area contributed by atoms with Crippen LogP contribution in [-0.2, 0) is 0 Å². The quantitative estimate of drug-likeness (QED) is 0.232. The first kappa shape index (κ1) is 18.9. The van der Waals surface area contributed by atoms with Crippen LogP contribution in [0, 0.1) is 0 Å². The Kier molecular flexibility index (Phi) is 3.69. The maximum Gasteiger partial charge on any atom is 0.145 e. The lowest BCUT2D eigenvalue weighted by Gasteiger charge is -2.10. The third kappa shape index (κ3) is 2.71. The molecule has 0 N–H and O–H groups in total. The van der Waals surface area contributed by atoms with Gasteiger partial charge in [0.05, 0.1) is 30.2 Å². The Morgan fingerprint density at radius 3 is 1.92 bits per heavy atom. The molecule has 39 heavy (non-hydrogen) atoms. The summed E-state index contributed by atoms with van der Waals surface area (Å²) in [6.45, 7) is 0. The minimum Gasteiger partial charge on any atom is -0.455 e. The second-order valence-electron chi connectivity index (χ2n) is 9.99. The molecule has 0 aliphatic carbocycles. The molecule has 3 heterocycles. The highest BCUT2D eigenvalue weighted by atomic mass is 16.3. The number of rotatable bonds is 2. The lowest BCUT2D eigenvalue weighted by Crippen LogP contribution is -1.95. The third-order valence-electron chi connectivity index (χ3n) is 7.92. The molecule has 0 amide bonds. The van der Waals surface area contributed by atoms with Gasteiger partial charge in [0.25, 0.3) is 0 Å². The molecule has 0 atom stereocenters. The molecule has 3 heteroatoms. The van der Waals surface area contributed by atoms with E-state index in [0.717, 1.165) is 76.9 Å². The van der Waals surface area contributed by atoms with Gasteiger partial charge in [0.15, 0.2) is 0 Å². The molecule has 9 rings (SSSR count). The second-order valence-corrected chi connectivity index (χ2v) is 9.99. The van der Waals surface area contributed by atoms with Gasteiger partial charge in [-0.25, -0.2) is 0 Å². The maximum absolute atomic E-state index is 9.51. The van der Waals surface area contributed by atoms with Gasteiger partial charge >= 0.3 is 0 Å². The highest BCUT2D eigenvalue weighted by Gasteiger charge is 2.23. The van der Waals surface area contributed by atoms with Gasteiger partial charge < -0.3 is 13.6 Å². The zero-order valence-electron chi connectivity index (χ0n) is 22.8. The predicted octanol–water partition coefficient (Wildman–Crippen LogP) is 9.78. The molecule has 0 fully saturated rings. The van der Waals surface area contributed by atoms with Gasteiger partial charge in [0, 0.05) is 38.3 Å². The summed E-state index contributed by atoms with van der Waals surface area (Å²) >= 11 is 0. The van der Waals surface area contributed by atoms with Crippen LogP contribution >= 0.6 is 0 Å². The first-order valence-electron chi connectivity index (χ1n) is 14.1. The maximum atomic E-state index is 9.51. The molecule has 0 aliphatic rings. The Morgan fingerprint density at radius 1 is 0.462 bits per heavy atom. The molecule has 0 spiro atoms. The van der Waals surface area contributed by atoms with E-state index < -0.39 is 0 Å². The van der Waals surface area contributed by atoms with Gasteiger partial charge in [0.2, 0.25) is 0 Å². The highest BCUT2D eigenvalue weighted by molar-refractivity contribution is 6.30.